The average molecular weight is 300 g/mol. The Hall–Kier alpha value is -0.580. The van der Waals surface area contributed by atoms with E-state index in [0.717, 1.165) is 36.2 Å². The molecule has 0 atom stereocenters. The minimum atomic E-state index is 0.402. The first kappa shape index (κ1) is 12.9. The number of hydrogen-bond donors (Lipinski definition) is 1. The number of piperidine rings is 1. The van der Waals surface area contributed by atoms with E-state index in [4.69, 9.17) is 9.47 Å². The van der Waals surface area contributed by atoms with Gasteiger partial charge in [0.1, 0.15) is 12.4 Å². The summed E-state index contributed by atoms with van der Waals surface area (Å²) in [5.74, 6) is 0.876. The topological polar surface area (TPSA) is 30.5 Å². The molecule has 0 bridgehead atoms. The second kappa shape index (κ2) is 6.99. The van der Waals surface area contributed by atoms with Crippen molar-refractivity contribution in [3.63, 3.8) is 0 Å². The zero-order valence-corrected chi connectivity index (χ0v) is 11.4. The van der Waals surface area contributed by atoms with Gasteiger partial charge in [0.15, 0.2) is 0 Å². The third kappa shape index (κ3) is 4.30. The molecule has 0 aliphatic carbocycles. The molecule has 1 aromatic rings. The normalized spacial score (nSPS) is 17.0. The summed E-state index contributed by atoms with van der Waals surface area (Å²) in [4.78, 5) is 0. The fraction of sp³-hybridized carbons (Fsp3) is 0.538. The van der Waals surface area contributed by atoms with Gasteiger partial charge in [-0.2, -0.15) is 0 Å². The van der Waals surface area contributed by atoms with E-state index < -0.39 is 0 Å². The summed E-state index contributed by atoms with van der Waals surface area (Å²) in [6.07, 6.45) is 2.61. The van der Waals surface area contributed by atoms with E-state index in [1.54, 1.807) is 0 Å². The predicted molar refractivity (Wildman–Crippen MR) is 71.5 cm³/mol. The number of halogens is 1. The zero-order valence-electron chi connectivity index (χ0n) is 9.82. The smallest absolute Gasteiger partial charge is 0.133 e. The molecule has 0 spiro atoms. The van der Waals surface area contributed by atoms with Crippen LogP contribution in [0.4, 0.5) is 0 Å². The Labute approximate surface area is 111 Å². The zero-order chi connectivity index (χ0) is 11.9. The summed E-state index contributed by atoms with van der Waals surface area (Å²) < 4.78 is 12.4. The molecular formula is C13H18BrNO2. The molecule has 4 heteroatoms. The van der Waals surface area contributed by atoms with Crippen LogP contribution in [0.1, 0.15) is 12.8 Å². The van der Waals surface area contributed by atoms with Crippen LogP contribution >= 0.6 is 15.9 Å². The van der Waals surface area contributed by atoms with Gasteiger partial charge in [-0.1, -0.05) is 12.1 Å². The van der Waals surface area contributed by atoms with Crippen molar-refractivity contribution < 1.29 is 9.47 Å². The first-order valence-corrected chi connectivity index (χ1v) is 6.85. The number of nitrogens with one attached hydrogen (secondary N) is 1. The highest BCUT2D eigenvalue weighted by atomic mass is 79.9. The highest BCUT2D eigenvalue weighted by Crippen LogP contribution is 2.23. The summed E-state index contributed by atoms with van der Waals surface area (Å²) in [6.45, 7) is 3.39. The van der Waals surface area contributed by atoms with Gasteiger partial charge in [0.25, 0.3) is 0 Å². The van der Waals surface area contributed by atoms with Crippen LogP contribution in [0.15, 0.2) is 28.7 Å². The van der Waals surface area contributed by atoms with Gasteiger partial charge in [0.2, 0.25) is 0 Å². The van der Waals surface area contributed by atoms with E-state index in [-0.39, 0.29) is 0 Å². The monoisotopic (exact) mass is 299 g/mol. The molecule has 3 nitrogen and oxygen atoms in total. The fourth-order valence-electron chi connectivity index (χ4n) is 1.89. The standard InChI is InChI=1S/C13H18BrNO2/c14-12-3-1-2-4-13(12)17-10-9-16-11-5-7-15-8-6-11/h1-4,11,15H,5-10H2. The molecule has 0 amide bonds. The Morgan fingerprint density at radius 1 is 1.18 bits per heavy atom. The number of rotatable bonds is 5. The molecular weight excluding hydrogens is 282 g/mol. The number of ether oxygens (including phenoxy) is 2. The van der Waals surface area contributed by atoms with E-state index in [0.29, 0.717) is 19.3 Å². The van der Waals surface area contributed by atoms with Gasteiger partial charge in [-0.05, 0) is 54.0 Å². The second-order valence-corrected chi connectivity index (χ2v) is 4.95. The van der Waals surface area contributed by atoms with Gasteiger partial charge in [-0.3, -0.25) is 0 Å². The van der Waals surface area contributed by atoms with Gasteiger partial charge in [-0.15, -0.1) is 0 Å². The van der Waals surface area contributed by atoms with Crippen LogP contribution in [0, 0.1) is 0 Å². The van der Waals surface area contributed by atoms with E-state index >= 15 is 0 Å². The Balaban J connectivity index is 1.64. The molecule has 0 saturated carbocycles. The third-order valence-electron chi connectivity index (χ3n) is 2.82. The fourth-order valence-corrected chi connectivity index (χ4v) is 2.29. The molecule has 0 aromatic heterocycles. The summed E-state index contributed by atoms with van der Waals surface area (Å²) in [6, 6.07) is 7.87. The minimum absolute atomic E-state index is 0.402. The van der Waals surface area contributed by atoms with Gasteiger partial charge < -0.3 is 14.8 Å². The first-order chi connectivity index (χ1) is 8.36. The van der Waals surface area contributed by atoms with Crippen LogP contribution in [-0.2, 0) is 4.74 Å². The number of benzene rings is 1. The maximum atomic E-state index is 5.76. The van der Waals surface area contributed by atoms with Crippen molar-refractivity contribution >= 4 is 15.9 Å². The predicted octanol–water partition coefficient (Wildman–Crippen LogP) is 2.60. The lowest BCUT2D eigenvalue weighted by Crippen LogP contribution is -2.33. The van der Waals surface area contributed by atoms with Crippen LogP contribution in [-0.4, -0.2) is 32.4 Å². The van der Waals surface area contributed by atoms with Crippen molar-refractivity contribution in [1.29, 1.82) is 0 Å². The Bertz CT molecular complexity index is 340. The van der Waals surface area contributed by atoms with Gasteiger partial charge in [-0.25, -0.2) is 0 Å². The lowest BCUT2D eigenvalue weighted by Gasteiger charge is -2.22. The van der Waals surface area contributed by atoms with Crippen molar-refractivity contribution in [2.75, 3.05) is 26.3 Å². The van der Waals surface area contributed by atoms with Crippen LogP contribution in [0.3, 0.4) is 0 Å². The van der Waals surface area contributed by atoms with Crippen molar-refractivity contribution in [2.45, 2.75) is 18.9 Å². The summed E-state index contributed by atoms with van der Waals surface area (Å²) in [7, 11) is 0. The maximum absolute atomic E-state index is 5.76. The van der Waals surface area contributed by atoms with Crippen molar-refractivity contribution in [2.24, 2.45) is 0 Å². The van der Waals surface area contributed by atoms with Crippen molar-refractivity contribution in [3.8, 4) is 5.75 Å². The van der Waals surface area contributed by atoms with E-state index in [2.05, 4.69) is 21.2 Å². The summed E-state index contributed by atoms with van der Waals surface area (Å²) in [5, 5.41) is 3.32. The Morgan fingerprint density at radius 3 is 2.71 bits per heavy atom. The lowest BCUT2D eigenvalue weighted by atomic mass is 10.1. The highest BCUT2D eigenvalue weighted by Gasteiger charge is 2.12. The first-order valence-electron chi connectivity index (χ1n) is 6.06. The number of para-hydroxylation sites is 1. The van der Waals surface area contributed by atoms with E-state index in [9.17, 15) is 0 Å². The molecule has 2 rings (SSSR count). The summed E-state index contributed by atoms with van der Waals surface area (Å²) in [5.41, 5.74) is 0. The molecule has 0 radical (unpaired) electrons. The molecule has 17 heavy (non-hydrogen) atoms. The van der Waals surface area contributed by atoms with E-state index in [1.165, 1.54) is 0 Å². The van der Waals surface area contributed by atoms with Crippen LogP contribution in [0.5, 0.6) is 5.75 Å². The van der Waals surface area contributed by atoms with Gasteiger partial charge in [0, 0.05) is 0 Å². The molecule has 0 unspecified atom stereocenters. The molecule has 1 aromatic carbocycles. The quantitative estimate of drug-likeness (QED) is 0.848. The van der Waals surface area contributed by atoms with E-state index in [1.807, 2.05) is 24.3 Å². The SMILES string of the molecule is Brc1ccccc1OCCOC1CCNCC1. The van der Waals surface area contributed by atoms with Crippen LogP contribution < -0.4 is 10.1 Å². The minimum Gasteiger partial charge on any atom is -0.490 e. The molecule has 94 valence electrons. The molecule has 1 heterocycles. The number of hydrogen-bond acceptors (Lipinski definition) is 3. The Kier molecular flexibility index (Phi) is 5.29. The molecule has 1 N–H and O–H groups in total. The van der Waals surface area contributed by atoms with Gasteiger partial charge in [0.05, 0.1) is 17.2 Å². The molecule has 1 aliphatic heterocycles. The largest absolute Gasteiger partial charge is 0.490 e. The third-order valence-corrected chi connectivity index (χ3v) is 3.47. The Morgan fingerprint density at radius 2 is 1.94 bits per heavy atom. The molecule has 1 aliphatic rings. The molecule has 1 saturated heterocycles. The lowest BCUT2D eigenvalue weighted by molar-refractivity contribution is 0.0167. The van der Waals surface area contributed by atoms with Crippen LogP contribution in [0.2, 0.25) is 0 Å². The van der Waals surface area contributed by atoms with Crippen molar-refractivity contribution in [1.82, 2.24) is 5.32 Å². The summed E-state index contributed by atoms with van der Waals surface area (Å²) >= 11 is 3.45. The molecule has 1 fully saturated rings. The second-order valence-electron chi connectivity index (χ2n) is 4.10. The van der Waals surface area contributed by atoms with Gasteiger partial charge >= 0.3 is 0 Å². The average Bonchev–Trinajstić information content (AvgIpc) is 2.38. The van der Waals surface area contributed by atoms with Crippen LogP contribution in [0.25, 0.3) is 0 Å². The van der Waals surface area contributed by atoms with Crippen molar-refractivity contribution in [3.05, 3.63) is 28.7 Å². The maximum Gasteiger partial charge on any atom is 0.133 e. The highest BCUT2D eigenvalue weighted by molar-refractivity contribution is 9.10.